The highest BCUT2D eigenvalue weighted by molar-refractivity contribution is 9.25. The van der Waals surface area contributed by atoms with Crippen molar-refractivity contribution in [2.24, 2.45) is 11.8 Å². The van der Waals surface area contributed by atoms with Gasteiger partial charge in [-0.2, -0.15) is 0 Å². The van der Waals surface area contributed by atoms with Crippen molar-refractivity contribution < 1.29 is 9.53 Å². The molecule has 3 rings (SSSR count). The minimum Gasteiger partial charge on any atom is -0.497 e. The first kappa shape index (κ1) is 14.4. The van der Waals surface area contributed by atoms with Crippen molar-refractivity contribution in [1.29, 1.82) is 0 Å². The van der Waals surface area contributed by atoms with Gasteiger partial charge in [0.2, 0.25) is 5.91 Å². The number of piperidine rings is 1. The minimum absolute atomic E-state index is 0.0992. The lowest BCUT2D eigenvalue weighted by atomic mass is 9.97. The molecule has 0 aromatic heterocycles. The first-order chi connectivity index (χ1) is 9.45. The Bertz CT molecular complexity index is 529. The summed E-state index contributed by atoms with van der Waals surface area (Å²) in [5.74, 6) is 2.01. The highest BCUT2D eigenvalue weighted by Gasteiger charge is 2.69. The molecule has 1 aliphatic heterocycles. The van der Waals surface area contributed by atoms with Crippen molar-refractivity contribution in [3.8, 4) is 5.75 Å². The van der Waals surface area contributed by atoms with Crippen LogP contribution in [0.4, 0.5) is 0 Å². The van der Waals surface area contributed by atoms with Crippen LogP contribution in [0.15, 0.2) is 24.3 Å². The Kier molecular flexibility index (Phi) is 3.61. The summed E-state index contributed by atoms with van der Waals surface area (Å²) in [5.41, 5.74) is 1.13. The van der Waals surface area contributed by atoms with Crippen LogP contribution >= 0.6 is 31.9 Å². The molecule has 0 radical (unpaired) electrons. The SMILES string of the molecule is COc1ccc(CN2C(=O)C[C@H](C)[C@H]3[C@@H]2C3(Br)Br)cc1. The van der Waals surface area contributed by atoms with Gasteiger partial charge in [-0.3, -0.25) is 4.79 Å². The number of rotatable bonds is 3. The third kappa shape index (κ3) is 2.29. The quantitative estimate of drug-likeness (QED) is 0.723. The molecule has 0 unspecified atom stereocenters. The van der Waals surface area contributed by atoms with E-state index in [2.05, 4.69) is 38.8 Å². The number of hydrogen-bond donors (Lipinski definition) is 0. The van der Waals surface area contributed by atoms with Crippen LogP contribution in [0.2, 0.25) is 0 Å². The predicted molar refractivity (Wildman–Crippen MR) is 85.2 cm³/mol. The molecule has 3 atom stereocenters. The zero-order valence-electron chi connectivity index (χ0n) is 11.5. The molecule has 1 aromatic carbocycles. The maximum Gasteiger partial charge on any atom is 0.223 e. The Morgan fingerprint density at radius 2 is 2.00 bits per heavy atom. The Morgan fingerprint density at radius 1 is 1.35 bits per heavy atom. The number of carbonyl (C=O) groups excluding carboxylic acids is 1. The standard InChI is InChI=1S/C15H17Br2NO2/c1-9-7-12(19)18(14-13(9)15(14,16)17)8-10-3-5-11(20-2)6-4-10/h3-6,9,13-14H,7-8H2,1-2H3/t9-,13-,14+/m0/s1. The third-order valence-electron chi connectivity index (χ3n) is 4.35. The summed E-state index contributed by atoms with van der Waals surface area (Å²) < 4.78 is 5.06. The first-order valence-electron chi connectivity index (χ1n) is 6.75. The molecule has 1 heterocycles. The van der Waals surface area contributed by atoms with Gasteiger partial charge in [-0.15, -0.1) is 0 Å². The molecule has 0 spiro atoms. The number of carbonyl (C=O) groups is 1. The molecule has 1 amide bonds. The molecule has 2 aliphatic rings. The predicted octanol–water partition coefficient (Wildman–Crippen LogP) is 3.55. The smallest absolute Gasteiger partial charge is 0.223 e. The minimum atomic E-state index is -0.0992. The number of ether oxygens (including phenoxy) is 1. The lowest BCUT2D eigenvalue weighted by molar-refractivity contribution is -0.136. The van der Waals surface area contributed by atoms with E-state index >= 15 is 0 Å². The topological polar surface area (TPSA) is 29.5 Å². The van der Waals surface area contributed by atoms with Crippen LogP contribution in [-0.2, 0) is 11.3 Å². The van der Waals surface area contributed by atoms with E-state index < -0.39 is 0 Å². The fourth-order valence-electron chi connectivity index (χ4n) is 3.21. The maximum absolute atomic E-state index is 12.3. The largest absolute Gasteiger partial charge is 0.497 e. The lowest BCUT2D eigenvalue weighted by Gasteiger charge is -2.29. The fourth-order valence-corrected chi connectivity index (χ4v) is 5.42. The van der Waals surface area contributed by atoms with Gasteiger partial charge in [0.25, 0.3) is 0 Å². The lowest BCUT2D eigenvalue weighted by Crippen LogP contribution is -2.39. The van der Waals surface area contributed by atoms with Gasteiger partial charge < -0.3 is 9.64 Å². The second-order valence-electron chi connectivity index (χ2n) is 5.70. The molecule has 20 heavy (non-hydrogen) atoms. The van der Waals surface area contributed by atoms with Crippen LogP contribution in [0.5, 0.6) is 5.75 Å². The average Bonchev–Trinajstić information content (AvgIpc) is 2.99. The Hall–Kier alpha value is -0.550. The van der Waals surface area contributed by atoms with Crippen molar-refractivity contribution in [3.05, 3.63) is 29.8 Å². The van der Waals surface area contributed by atoms with Crippen LogP contribution in [0.3, 0.4) is 0 Å². The molecule has 1 aliphatic carbocycles. The first-order valence-corrected chi connectivity index (χ1v) is 8.34. The van der Waals surface area contributed by atoms with Crippen molar-refractivity contribution >= 4 is 37.8 Å². The Labute approximate surface area is 135 Å². The van der Waals surface area contributed by atoms with E-state index in [1.807, 2.05) is 29.2 Å². The van der Waals surface area contributed by atoms with Crippen LogP contribution in [0.25, 0.3) is 0 Å². The monoisotopic (exact) mass is 401 g/mol. The normalized spacial score (nSPS) is 30.9. The van der Waals surface area contributed by atoms with Crippen molar-refractivity contribution in [3.63, 3.8) is 0 Å². The molecule has 108 valence electrons. The van der Waals surface area contributed by atoms with Crippen molar-refractivity contribution in [2.45, 2.75) is 29.2 Å². The van der Waals surface area contributed by atoms with Crippen LogP contribution in [0.1, 0.15) is 18.9 Å². The van der Waals surface area contributed by atoms with Crippen molar-refractivity contribution in [1.82, 2.24) is 4.90 Å². The second kappa shape index (κ2) is 5.02. The number of methoxy groups -OCH3 is 1. The van der Waals surface area contributed by atoms with E-state index in [1.54, 1.807) is 7.11 Å². The summed E-state index contributed by atoms with van der Waals surface area (Å²) >= 11 is 7.45. The second-order valence-corrected chi connectivity index (χ2v) is 9.38. The number of alkyl halides is 2. The maximum atomic E-state index is 12.3. The number of hydrogen-bond acceptors (Lipinski definition) is 2. The van der Waals surface area contributed by atoms with Gasteiger partial charge in [-0.05, 0) is 23.6 Å². The highest BCUT2D eigenvalue weighted by Crippen LogP contribution is 2.64. The van der Waals surface area contributed by atoms with Gasteiger partial charge in [0.1, 0.15) is 8.98 Å². The van der Waals surface area contributed by atoms with Gasteiger partial charge in [0, 0.05) is 18.9 Å². The molecule has 1 aromatic rings. The number of benzene rings is 1. The van der Waals surface area contributed by atoms with Crippen LogP contribution in [-0.4, -0.2) is 27.2 Å². The molecule has 1 saturated carbocycles. The molecule has 3 nitrogen and oxygen atoms in total. The molecular formula is C15H17Br2NO2. The van der Waals surface area contributed by atoms with Gasteiger partial charge in [-0.1, -0.05) is 50.9 Å². The van der Waals surface area contributed by atoms with E-state index in [1.165, 1.54) is 0 Å². The highest BCUT2D eigenvalue weighted by atomic mass is 79.9. The van der Waals surface area contributed by atoms with Gasteiger partial charge >= 0.3 is 0 Å². The molecule has 1 saturated heterocycles. The molecule has 5 heteroatoms. The van der Waals surface area contributed by atoms with E-state index in [-0.39, 0.29) is 15.2 Å². The van der Waals surface area contributed by atoms with Crippen molar-refractivity contribution in [2.75, 3.05) is 7.11 Å². The summed E-state index contributed by atoms with van der Waals surface area (Å²) in [6, 6.07) is 8.16. The molecule has 0 N–H and O–H groups in total. The van der Waals surface area contributed by atoms with E-state index in [0.717, 1.165) is 11.3 Å². The van der Waals surface area contributed by atoms with Gasteiger partial charge in [-0.25, -0.2) is 0 Å². The van der Waals surface area contributed by atoms with Crippen LogP contribution in [0, 0.1) is 11.8 Å². The molecule has 2 fully saturated rings. The van der Waals surface area contributed by atoms with Gasteiger partial charge in [0.05, 0.1) is 13.2 Å². The third-order valence-corrected chi connectivity index (χ3v) is 6.34. The summed E-state index contributed by atoms with van der Waals surface area (Å²) in [6.07, 6.45) is 0.635. The number of halogens is 2. The van der Waals surface area contributed by atoms with Gasteiger partial charge in [0.15, 0.2) is 0 Å². The van der Waals surface area contributed by atoms with E-state index in [9.17, 15) is 4.79 Å². The van der Waals surface area contributed by atoms with E-state index in [0.29, 0.717) is 24.8 Å². The number of likely N-dealkylation sites (tertiary alicyclic amines) is 1. The summed E-state index contributed by atoms with van der Waals surface area (Å²) in [4.78, 5) is 14.3. The average molecular weight is 403 g/mol. The van der Waals surface area contributed by atoms with E-state index in [4.69, 9.17) is 4.74 Å². The zero-order chi connectivity index (χ0) is 14.5. The summed E-state index contributed by atoms with van der Waals surface area (Å²) in [5, 5.41) is 0. The Morgan fingerprint density at radius 3 is 2.60 bits per heavy atom. The van der Waals surface area contributed by atoms with Crippen LogP contribution < -0.4 is 4.74 Å². The Balaban J connectivity index is 1.77. The number of amides is 1. The number of nitrogens with zero attached hydrogens (tertiary/aromatic N) is 1. The molecule has 0 bridgehead atoms. The summed E-state index contributed by atoms with van der Waals surface area (Å²) in [6.45, 7) is 2.82. The fraction of sp³-hybridized carbons (Fsp3) is 0.533. The zero-order valence-corrected chi connectivity index (χ0v) is 14.6. The summed E-state index contributed by atoms with van der Waals surface area (Å²) in [7, 11) is 1.66. The molecular weight excluding hydrogens is 386 g/mol. The number of fused-ring (bicyclic) bond motifs is 1.